The number of hydrogen-bond donors (Lipinski definition) is 1. The van der Waals surface area contributed by atoms with E-state index in [0.717, 1.165) is 12.0 Å². The molecule has 1 aromatic heterocycles. The fourth-order valence-corrected chi connectivity index (χ4v) is 5.12. The zero-order valence-electron chi connectivity index (χ0n) is 21.4. The Morgan fingerprint density at radius 2 is 1.92 bits per heavy atom. The van der Waals surface area contributed by atoms with Crippen LogP contribution in [0.15, 0.2) is 29.0 Å². The van der Waals surface area contributed by atoms with Gasteiger partial charge in [0, 0.05) is 37.9 Å². The number of amides is 2. The summed E-state index contributed by atoms with van der Waals surface area (Å²) in [6, 6.07) is 4.59. The lowest BCUT2D eigenvalue weighted by atomic mass is 9.73. The van der Waals surface area contributed by atoms with Crippen LogP contribution in [0.25, 0.3) is 0 Å². The molecule has 1 fully saturated rings. The lowest BCUT2D eigenvalue weighted by Crippen LogP contribution is -2.49. The lowest BCUT2D eigenvalue weighted by molar-refractivity contribution is -0.127. The lowest BCUT2D eigenvalue weighted by Gasteiger charge is -2.42. The average Bonchev–Trinajstić information content (AvgIpc) is 3.50. The van der Waals surface area contributed by atoms with E-state index in [1.165, 1.54) is 11.2 Å². The predicted molar refractivity (Wildman–Crippen MR) is 130 cm³/mol. The molecule has 196 valence electrons. The summed E-state index contributed by atoms with van der Waals surface area (Å²) in [6.45, 7) is 8.65. The third kappa shape index (κ3) is 5.39. The van der Waals surface area contributed by atoms with Crippen LogP contribution in [0.4, 0.5) is 8.78 Å². The van der Waals surface area contributed by atoms with Crippen molar-refractivity contribution in [3.8, 4) is 5.75 Å². The van der Waals surface area contributed by atoms with Crippen molar-refractivity contribution in [2.24, 2.45) is 5.41 Å². The molecule has 1 aromatic carbocycles. The van der Waals surface area contributed by atoms with Gasteiger partial charge in [-0.1, -0.05) is 38.1 Å². The van der Waals surface area contributed by atoms with E-state index in [0.29, 0.717) is 30.0 Å². The number of nitrogens with zero attached hydrogens (tertiary/aromatic N) is 2. The van der Waals surface area contributed by atoms with Crippen LogP contribution in [0.2, 0.25) is 0 Å². The molecular formula is C27H35F2N3O4. The van der Waals surface area contributed by atoms with Crippen molar-refractivity contribution in [3.05, 3.63) is 46.8 Å². The first kappa shape index (κ1) is 26.1. The van der Waals surface area contributed by atoms with Crippen LogP contribution in [-0.2, 0) is 11.2 Å². The second kappa shape index (κ2) is 10.2. The van der Waals surface area contributed by atoms with Crippen LogP contribution in [0.3, 0.4) is 0 Å². The molecule has 9 heteroatoms. The number of carbonyl (C=O) groups is 2. The summed E-state index contributed by atoms with van der Waals surface area (Å²) in [5.74, 6) is -2.84. The van der Waals surface area contributed by atoms with Crippen molar-refractivity contribution in [2.75, 3.05) is 19.7 Å². The van der Waals surface area contributed by atoms with E-state index in [9.17, 15) is 18.4 Å². The molecule has 1 N–H and O–H groups in total. The Morgan fingerprint density at radius 3 is 2.58 bits per heavy atom. The quantitative estimate of drug-likeness (QED) is 0.531. The van der Waals surface area contributed by atoms with Crippen molar-refractivity contribution in [3.63, 3.8) is 0 Å². The third-order valence-electron chi connectivity index (χ3n) is 7.37. The highest BCUT2D eigenvalue weighted by Gasteiger charge is 2.45. The van der Waals surface area contributed by atoms with Crippen molar-refractivity contribution in [1.29, 1.82) is 0 Å². The van der Waals surface area contributed by atoms with E-state index >= 15 is 0 Å². The number of alkyl halides is 2. The van der Waals surface area contributed by atoms with Gasteiger partial charge in [-0.15, -0.1) is 0 Å². The summed E-state index contributed by atoms with van der Waals surface area (Å²) in [5.41, 5.74) is 1.84. The predicted octanol–water partition coefficient (Wildman–Crippen LogP) is 5.27. The number of ether oxygens (including phenoxy) is 1. The van der Waals surface area contributed by atoms with Gasteiger partial charge in [0.2, 0.25) is 11.8 Å². The number of fused-ring (bicyclic) bond motifs is 1. The van der Waals surface area contributed by atoms with Gasteiger partial charge in [0.05, 0.1) is 6.61 Å². The van der Waals surface area contributed by atoms with Gasteiger partial charge in [-0.05, 0) is 48.3 Å². The van der Waals surface area contributed by atoms with Crippen molar-refractivity contribution >= 4 is 11.8 Å². The summed E-state index contributed by atoms with van der Waals surface area (Å²) in [7, 11) is 0. The number of aromatic nitrogens is 1. The molecule has 1 aliphatic heterocycles. The van der Waals surface area contributed by atoms with E-state index < -0.39 is 23.3 Å². The normalized spacial score (nSPS) is 18.9. The number of benzene rings is 1. The topological polar surface area (TPSA) is 84.7 Å². The molecule has 2 aliphatic rings. The zero-order valence-corrected chi connectivity index (χ0v) is 21.4. The minimum Gasteiger partial charge on any atom is -0.493 e. The first-order valence-electron chi connectivity index (χ1n) is 12.7. The molecule has 1 aliphatic carbocycles. The molecule has 1 unspecified atom stereocenters. The van der Waals surface area contributed by atoms with Gasteiger partial charge in [-0.3, -0.25) is 9.59 Å². The van der Waals surface area contributed by atoms with Gasteiger partial charge >= 0.3 is 0 Å². The Labute approximate surface area is 210 Å². The van der Waals surface area contributed by atoms with Crippen LogP contribution in [0.1, 0.15) is 92.5 Å². The zero-order chi connectivity index (χ0) is 26.1. The maximum absolute atomic E-state index is 14.1. The highest BCUT2D eigenvalue weighted by Crippen LogP contribution is 2.45. The van der Waals surface area contributed by atoms with Gasteiger partial charge < -0.3 is 19.5 Å². The van der Waals surface area contributed by atoms with Gasteiger partial charge in [-0.25, -0.2) is 8.78 Å². The first-order valence-corrected chi connectivity index (χ1v) is 12.7. The highest BCUT2D eigenvalue weighted by molar-refractivity contribution is 5.97. The summed E-state index contributed by atoms with van der Waals surface area (Å²) < 4.78 is 38.9. The number of likely N-dealkylation sites (N-methyl/N-ethyl adjacent to an activating group) is 1. The van der Waals surface area contributed by atoms with Gasteiger partial charge in [0.25, 0.3) is 5.91 Å². The molecule has 2 heterocycles. The number of hydrogen-bond acceptors (Lipinski definition) is 5. The summed E-state index contributed by atoms with van der Waals surface area (Å²) in [6.07, 6.45) is 2.23. The standard InChI is InChI=1S/C27H35F2N3O4/c1-5-30-24(33)23(19-7-6-18-8-13-35-21(18)14-19)32(16-26(4)9-11-27(28,29)12-10-26)25(34)22-20(17(2)3)15-36-31-22/h6-7,14-15,17,23H,5,8-13,16H2,1-4H3,(H,30,33). The minimum atomic E-state index is -2.71. The van der Waals surface area contributed by atoms with Crippen LogP contribution in [0.5, 0.6) is 5.75 Å². The van der Waals surface area contributed by atoms with Gasteiger partial charge in [0.1, 0.15) is 18.1 Å². The molecule has 1 atom stereocenters. The summed E-state index contributed by atoms with van der Waals surface area (Å²) >= 11 is 0. The fraction of sp³-hybridized carbons (Fsp3) is 0.593. The molecule has 2 aromatic rings. The van der Waals surface area contributed by atoms with E-state index in [4.69, 9.17) is 9.26 Å². The monoisotopic (exact) mass is 503 g/mol. The average molecular weight is 504 g/mol. The van der Waals surface area contributed by atoms with Crippen molar-refractivity contribution < 1.29 is 27.6 Å². The Bertz CT molecular complexity index is 1100. The van der Waals surface area contributed by atoms with E-state index in [2.05, 4.69) is 10.5 Å². The minimum absolute atomic E-state index is 0.0303. The van der Waals surface area contributed by atoms with E-state index in [1.807, 2.05) is 45.9 Å². The van der Waals surface area contributed by atoms with Gasteiger partial charge in [-0.2, -0.15) is 0 Å². The smallest absolute Gasteiger partial charge is 0.277 e. The molecular weight excluding hydrogens is 468 g/mol. The maximum atomic E-state index is 14.1. The van der Waals surface area contributed by atoms with Crippen LogP contribution >= 0.6 is 0 Å². The largest absolute Gasteiger partial charge is 0.493 e. The third-order valence-corrected chi connectivity index (χ3v) is 7.37. The SMILES string of the molecule is CCNC(=O)C(c1ccc2c(c1)OCC2)N(CC1(C)CCC(F)(F)CC1)C(=O)c1nocc1C(C)C. The van der Waals surface area contributed by atoms with Crippen molar-refractivity contribution in [1.82, 2.24) is 15.4 Å². The summed E-state index contributed by atoms with van der Waals surface area (Å²) in [4.78, 5) is 29.1. The van der Waals surface area contributed by atoms with Gasteiger partial charge in [0.15, 0.2) is 5.69 Å². The van der Waals surface area contributed by atoms with Crippen LogP contribution in [0, 0.1) is 5.41 Å². The molecule has 1 saturated carbocycles. The highest BCUT2D eigenvalue weighted by atomic mass is 19.3. The summed E-state index contributed by atoms with van der Waals surface area (Å²) in [5, 5.41) is 6.85. The first-order chi connectivity index (χ1) is 17.0. The Kier molecular flexibility index (Phi) is 7.38. The maximum Gasteiger partial charge on any atom is 0.277 e. The number of rotatable bonds is 8. The van der Waals surface area contributed by atoms with Crippen LogP contribution in [-0.4, -0.2) is 47.5 Å². The second-order valence-corrected chi connectivity index (χ2v) is 10.6. The Hall–Kier alpha value is -2.97. The Morgan fingerprint density at radius 1 is 1.19 bits per heavy atom. The molecule has 4 rings (SSSR count). The Balaban J connectivity index is 1.78. The van der Waals surface area contributed by atoms with E-state index in [-0.39, 0.29) is 49.7 Å². The fourth-order valence-electron chi connectivity index (χ4n) is 5.12. The van der Waals surface area contributed by atoms with Crippen LogP contribution < -0.4 is 10.1 Å². The van der Waals surface area contributed by atoms with Crippen molar-refractivity contribution in [2.45, 2.75) is 77.7 Å². The molecule has 7 nitrogen and oxygen atoms in total. The molecule has 0 saturated heterocycles. The number of carbonyl (C=O) groups excluding carboxylic acids is 2. The molecule has 0 bridgehead atoms. The molecule has 0 spiro atoms. The molecule has 0 radical (unpaired) electrons. The molecule has 2 amide bonds. The number of halogens is 2. The molecule has 36 heavy (non-hydrogen) atoms. The van der Waals surface area contributed by atoms with E-state index in [1.54, 1.807) is 0 Å². The second-order valence-electron chi connectivity index (χ2n) is 10.6. The number of nitrogens with one attached hydrogen (secondary N) is 1.